The molecule has 1 atom stereocenters. The molecule has 0 aromatic heterocycles. The molecule has 0 heterocycles. The summed E-state index contributed by atoms with van der Waals surface area (Å²) >= 11 is 6.16. The lowest BCUT2D eigenvalue weighted by molar-refractivity contribution is -0.115. The van der Waals surface area contributed by atoms with Gasteiger partial charge >= 0.3 is 0 Å². The molecule has 0 aliphatic carbocycles. The number of nitrogens with one attached hydrogen (secondary N) is 2. The molecule has 2 aromatic rings. The largest absolute Gasteiger partial charge is 0.497 e. The average Bonchev–Trinajstić information content (AvgIpc) is 2.60. The van der Waals surface area contributed by atoms with Crippen LogP contribution in [0.25, 0.3) is 0 Å². The maximum absolute atomic E-state index is 12.2. The minimum Gasteiger partial charge on any atom is -0.497 e. The zero-order valence-electron chi connectivity index (χ0n) is 13.9. The van der Waals surface area contributed by atoms with Crippen molar-refractivity contribution in [3.05, 3.63) is 53.1 Å². The number of rotatable bonds is 7. The van der Waals surface area contributed by atoms with Crippen LogP contribution in [0.15, 0.2) is 42.5 Å². The van der Waals surface area contributed by atoms with E-state index in [1.807, 2.05) is 31.2 Å². The van der Waals surface area contributed by atoms with Gasteiger partial charge in [-0.2, -0.15) is 0 Å². The van der Waals surface area contributed by atoms with Crippen molar-refractivity contribution in [1.29, 1.82) is 0 Å². The summed E-state index contributed by atoms with van der Waals surface area (Å²) in [6.07, 6.45) is 0. The first-order valence-electron chi connectivity index (χ1n) is 7.55. The van der Waals surface area contributed by atoms with Gasteiger partial charge in [-0.05, 0) is 30.7 Å². The molecule has 0 bridgehead atoms. The molecule has 0 fully saturated rings. The number of amides is 1. The number of anilines is 1. The maximum Gasteiger partial charge on any atom is 0.238 e. The first-order chi connectivity index (χ1) is 11.5. The van der Waals surface area contributed by atoms with E-state index in [-0.39, 0.29) is 18.5 Å². The lowest BCUT2D eigenvalue weighted by atomic mass is 10.1. The molecule has 0 radical (unpaired) electrons. The van der Waals surface area contributed by atoms with Gasteiger partial charge < -0.3 is 20.1 Å². The van der Waals surface area contributed by atoms with E-state index in [2.05, 4.69) is 10.6 Å². The van der Waals surface area contributed by atoms with Crippen molar-refractivity contribution >= 4 is 23.2 Å². The molecule has 6 heteroatoms. The minimum atomic E-state index is -0.169. The number of hydrogen-bond donors (Lipinski definition) is 2. The van der Waals surface area contributed by atoms with Crippen LogP contribution in [0.3, 0.4) is 0 Å². The third-order valence-corrected chi connectivity index (χ3v) is 3.97. The normalized spacial score (nSPS) is 11.7. The molecule has 0 saturated carbocycles. The molecule has 5 nitrogen and oxygen atoms in total. The molecule has 2 aromatic carbocycles. The highest BCUT2D eigenvalue weighted by molar-refractivity contribution is 6.31. The highest BCUT2D eigenvalue weighted by Gasteiger charge is 2.12. The monoisotopic (exact) mass is 348 g/mol. The lowest BCUT2D eigenvalue weighted by Crippen LogP contribution is -2.30. The van der Waals surface area contributed by atoms with Crippen LogP contribution in [0, 0.1) is 0 Å². The molecule has 2 rings (SSSR count). The molecule has 128 valence electrons. The van der Waals surface area contributed by atoms with Gasteiger partial charge in [0.25, 0.3) is 0 Å². The Hall–Kier alpha value is -2.24. The minimum absolute atomic E-state index is 0.0396. The van der Waals surface area contributed by atoms with E-state index >= 15 is 0 Å². The lowest BCUT2D eigenvalue weighted by Gasteiger charge is -2.16. The first-order valence-corrected chi connectivity index (χ1v) is 7.92. The van der Waals surface area contributed by atoms with Gasteiger partial charge in [-0.1, -0.05) is 29.8 Å². The molecule has 2 N–H and O–H groups in total. The zero-order valence-corrected chi connectivity index (χ0v) is 14.7. The Labute approximate surface area is 146 Å². The molecular weight excluding hydrogens is 328 g/mol. The first kappa shape index (κ1) is 18.1. The second kappa shape index (κ2) is 8.57. The van der Waals surface area contributed by atoms with Gasteiger partial charge in [0.05, 0.1) is 26.5 Å². The van der Waals surface area contributed by atoms with E-state index in [0.717, 1.165) is 5.56 Å². The predicted octanol–water partition coefficient (Wildman–Crippen LogP) is 3.65. The van der Waals surface area contributed by atoms with Crippen LogP contribution in [-0.4, -0.2) is 26.7 Å². The Morgan fingerprint density at radius 3 is 2.58 bits per heavy atom. The highest BCUT2D eigenvalue weighted by Crippen LogP contribution is 2.29. The standard InChI is InChI=1S/C18H21ClN2O3/c1-12(14-6-4-5-7-15(14)19)20-11-18(22)21-16-9-8-13(23-2)10-17(16)24-3/h4-10,12,20H,11H2,1-3H3,(H,21,22). The summed E-state index contributed by atoms with van der Waals surface area (Å²) in [4.78, 5) is 12.2. The summed E-state index contributed by atoms with van der Waals surface area (Å²) in [5.41, 5.74) is 1.55. The Bertz CT molecular complexity index is 706. The molecule has 1 unspecified atom stereocenters. The average molecular weight is 349 g/mol. The van der Waals surface area contributed by atoms with E-state index in [1.54, 1.807) is 32.4 Å². The number of carbonyl (C=O) groups is 1. The molecule has 0 aliphatic heterocycles. The van der Waals surface area contributed by atoms with E-state index in [4.69, 9.17) is 21.1 Å². The maximum atomic E-state index is 12.2. The molecule has 0 aliphatic rings. The SMILES string of the molecule is COc1ccc(NC(=O)CNC(C)c2ccccc2Cl)c(OC)c1. The summed E-state index contributed by atoms with van der Waals surface area (Å²) in [6, 6.07) is 12.7. The fourth-order valence-corrected chi connectivity index (χ4v) is 2.58. The summed E-state index contributed by atoms with van der Waals surface area (Å²) in [6.45, 7) is 2.12. The third-order valence-electron chi connectivity index (χ3n) is 3.62. The fourth-order valence-electron chi connectivity index (χ4n) is 2.28. The molecule has 0 spiro atoms. The number of carbonyl (C=O) groups excluding carboxylic acids is 1. The quantitative estimate of drug-likeness (QED) is 0.802. The van der Waals surface area contributed by atoms with E-state index in [0.29, 0.717) is 22.2 Å². The van der Waals surface area contributed by atoms with Crippen molar-refractivity contribution in [2.24, 2.45) is 0 Å². The van der Waals surface area contributed by atoms with Crippen LogP contribution in [0.1, 0.15) is 18.5 Å². The second-order valence-electron chi connectivity index (χ2n) is 5.24. The smallest absolute Gasteiger partial charge is 0.238 e. The van der Waals surface area contributed by atoms with Crippen molar-refractivity contribution < 1.29 is 14.3 Å². The van der Waals surface area contributed by atoms with E-state index < -0.39 is 0 Å². The second-order valence-corrected chi connectivity index (χ2v) is 5.65. The van der Waals surface area contributed by atoms with Crippen LogP contribution in [0.5, 0.6) is 11.5 Å². The molecule has 0 saturated heterocycles. The Kier molecular flexibility index (Phi) is 6.46. The highest BCUT2D eigenvalue weighted by atomic mass is 35.5. The summed E-state index contributed by atoms with van der Waals surface area (Å²) in [7, 11) is 3.12. The van der Waals surface area contributed by atoms with E-state index in [1.165, 1.54) is 0 Å². The third kappa shape index (κ3) is 4.63. The van der Waals surface area contributed by atoms with Gasteiger partial charge in [0.2, 0.25) is 5.91 Å². The fraction of sp³-hybridized carbons (Fsp3) is 0.278. The number of hydrogen-bond acceptors (Lipinski definition) is 4. The summed E-state index contributed by atoms with van der Waals surface area (Å²) < 4.78 is 10.4. The van der Waals surface area contributed by atoms with Crippen molar-refractivity contribution in [3.63, 3.8) is 0 Å². The molecule has 24 heavy (non-hydrogen) atoms. The van der Waals surface area contributed by atoms with Gasteiger partial charge in [0.15, 0.2) is 0 Å². The molecular formula is C18H21ClN2O3. The van der Waals surface area contributed by atoms with Gasteiger partial charge in [0, 0.05) is 17.1 Å². The van der Waals surface area contributed by atoms with Crippen LogP contribution in [0.4, 0.5) is 5.69 Å². The number of benzene rings is 2. The van der Waals surface area contributed by atoms with Crippen molar-refractivity contribution in [2.75, 3.05) is 26.1 Å². The van der Waals surface area contributed by atoms with Crippen molar-refractivity contribution in [2.45, 2.75) is 13.0 Å². The number of ether oxygens (including phenoxy) is 2. The number of halogens is 1. The number of methoxy groups -OCH3 is 2. The predicted molar refractivity (Wildman–Crippen MR) is 96.0 cm³/mol. The van der Waals surface area contributed by atoms with Gasteiger partial charge in [-0.15, -0.1) is 0 Å². The molecule has 1 amide bonds. The zero-order chi connectivity index (χ0) is 17.5. The topological polar surface area (TPSA) is 59.6 Å². The van der Waals surface area contributed by atoms with E-state index in [9.17, 15) is 4.79 Å². The van der Waals surface area contributed by atoms with Gasteiger partial charge in [-0.25, -0.2) is 0 Å². The van der Waals surface area contributed by atoms with Crippen LogP contribution >= 0.6 is 11.6 Å². The Balaban J connectivity index is 1.95. The van der Waals surface area contributed by atoms with Crippen molar-refractivity contribution in [3.8, 4) is 11.5 Å². The summed E-state index contributed by atoms with van der Waals surface area (Å²) in [5, 5.41) is 6.65. The Morgan fingerprint density at radius 2 is 1.92 bits per heavy atom. The van der Waals surface area contributed by atoms with Gasteiger partial charge in [-0.3, -0.25) is 4.79 Å². The van der Waals surface area contributed by atoms with Crippen LogP contribution in [0.2, 0.25) is 5.02 Å². The Morgan fingerprint density at radius 1 is 1.17 bits per heavy atom. The van der Waals surface area contributed by atoms with Gasteiger partial charge in [0.1, 0.15) is 11.5 Å². The van der Waals surface area contributed by atoms with Crippen molar-refractivity contribution in [1.82, 2.24) is 5.32 Å². The van der Waals surface area contributed by atoms with Crippen LogP contribution in [-0.2, 0) is 4.79 Å². The van der Waals surface area contributed by atoms with Crippen LogP contribution < -0.4 is 20.1 Å². The summed E-state index contributed by atoms with van der Waals surface area (Å²) in [5.74, 6) is 1.04.